The zero-order chi connectivity index (χ0) is 12.4. The number of nitrogens with one attached hydrogen (secondary N) is 1. The van der Waals surface area contributed by atoms with Crippen molar-refractivity contribution in [1.29, 1.82) is 0 Å². The average Bonchev–Trinajstić information content (AvgIpc) is 2.84. The Hall–Kier alpha value is -1.60. The Labute approximate surface area is 109 Å². The highest BCUT2D eigenvalue weighted by Crippen LogP contribution is 2.30. The Morgan fingerprint density at radius 3 is 2.61 bits per heavy atom. The van der Waals surface area contributed by atoms with E-state index in [4.69, 9.17) is 0 Å². The molecule has 2 aromatic rings. The molecule has 0 bridgehead atoms. The minimum Gasteiger partial charge on any atom is -0.302 e. The average molecular weight is 237 g/mol. The molecule has 0 saturated carbocycles. The van der Waals surface area contributed by atoms with Crippen LogP contribution in [0.25, 0.3) is 0 Å². The summed E-state index contributed by atoms with van der Waals surface area (Å²) in [6.07, 6.45) is 2.39. The monoisotopic (exact) mass is 237 g/mol. The van der Waals surface area contributed by atoms with Crippen LogP contribution < -0.4 is 5.32 Å². The van der Waals surface area contributed by atoms with E-state index in [1.54, 1.807) is 0 Å². The van der Waals surface area contributed by atoms with Crippen molar-refractivity contribution in [2.45, 2.75) is 32.4 Å². The Morgan fingerprint density at radius 2 is 1.83 bits per heavy atom. The van der Waals surface area contributed by atoms with E-state index in [2.05, 4.69) is 60.8 Å². The topological polar surface area (TPSA) is 12.0 Å². The van der Waals surface area contributed by atoms with Gasteiger partial charge in [0.25, 0.3) is 0 Å². The minimum atomic E-state index is 0.372. The summed E-state index contributed by atoms with van der Waals surface area (Å²) in [6.45, 7) is 3.21. The summed E-state index contributed by atoms with van der Waals surface area (Å²) >= 11 is 0. The van der Waals surface area contributed by atoms with Crippen LogP contribution in [0.2, 0.25) is 0 Å². The van der Waals surface area contributed by atoms with E-state index in [1.807, 2.05) is 0 Å². The number of fused-ring (bicyclic) bond motifs is 1. The van der Waals surface area contributed by atoms with E-state index in [1.165, 1.54) is 35.1 Å². The molecule has 1 nitrogen and oxygen atoms in total. The lowest BCUT2D eigenvalue weighted by Gasteiger charge is -2.13. The lowest BCUT2D eigenvalue weighted by atomic mass is 9.97. The summed E-state index contributed by atoms with van der Waals surface area (Å²) in [5.41, 5.74) is 5.67. The Bertz CT molecular complexity index is 528. The fourth-order valence-corrected chi connectivity index (χ4v) is 2.76. The zero-order valence-electron chi connectivity index (χ0n) is 10.8. The molecule has 3 rings (SSSR count). The van der Waals surface area contributed by atoms with Gasteiger partial charge in [0.1, 0.15) is 0 Å². The van der Waals surface area contributed by atoms with Crippen molar-refractivity contribution in [2.24, 2.45) is 0 Å². The molecule has 1 heteroatoms. The fourth-order valence-electron chi connectivity index (χ4n) is 2.76. The number of hydrogen-bond donors (Lipinski definition) is 1. The number of rotatable bonds is 3. The van der Waals surface area contributed by atoms with Gasteiger partial charge in [-0.15, -0.1) is 0 Å². The van der Waals surface area contributed by atoms with Gasteiger partial charge in [0.05, 0.1) is 6.04 Å². The van der Waals surface area contributed by atoms with Crippen molar-refractivity contribution >= 4 is 0 Å². The molecule has 1 heterocycles. The first kappa shape index (κ1) is 11.5. The minimum absolute atomic E-state index is 0.372. The van der Waals surface area contributed by atoms with Crippen molar-refractivity contribution in [3.63, 3.8) is 0 Å². The van der Waals surface area contributed by atoms with Gasteiger partial charge in [0.2, 0.25) is 0 Å². The van der Waals surface area contributed by atoms with E-state index >= 15 is 0 Å². The van der Waals surface area contributed by atoms with Crippen molar-refractivity contribution < 1.29 is 0 Å². The first-order chi connectivity index (χ1) is 8.88. The number of aryl methyl sites for hydroxylation is 1. The Morgan fingerprint density at radius 1 is 1.06 bits per heavy atom. The van der Waals surface area contributed by atoms with Gasteiger partial charge in [-0.1, -0.05) is 61.9 Å². The SMILES string of the molecule is CCCc1ccc(C2NCc3ccccc32)cc1. The summed E-state index contributed by atoms with van der Waals surface area (Å²) in [5, 5.41) is 3.59. The standard InChI is InChI=1S/C17H19N/c1-2-5-13-8-10-14(11-9-13)17-16-7-4-3-6-15(16)12-18-17/h3-4,6-11,17-18H,2,5,12H2,1H3. The second-order valence-electron chi connectivity index (χ2n) is 5.00. The summed E-state index contributed by atoms with van der Waals surface area (Å²) in [4.78, 5) is 0. The molecule has 1 N–H and O–H groups in total. The molecule has 1 aliphatic rings. The highest BCUT2D eigenvalue weighted by atomic mass is 14.9. The van der Waals surface area contributed by atoms with Crippen LogP contribution >= 0.6 is 0 Å². The van der Waals surface area contributed by atoms with Crippen molar-refractivity contribution in [3.8, 4) is 0 Å². The first-order valence-electron chi connectivity index (χ1n) is 6.78. The van der Waals surface area contributed by atoms with E-state index in [0.29, 0.717) is 6.04 Å². The highest BCUT2D eigenvalue weighted by molar-refractivity contribution is 5.41. The maximum absolute atomic E-state index is 3.59. The van der Waals surface area contributed by atoms with Crippen LogP contribution in [0.5, 0.6) is 0 Å². The van der Waals surface area contributed by atoms with Gasteiger partial charge in [-0.3, -0.25) is 0 Å². The number of hydrogen-bond acceptors (Lipinski definition) is 1. The van der Waals surface area contributed by atoms with Gasteiger partial charge in [-0.25, -0.2) is 0 Å². The van der Waals surface area contributed by atoms with Crippen molar-refractivity contribution in [1.82, 2.24) is 5.32 Å². The number of benzene rings is 2. The smallest absolute Gasteiger partial charge is 0.0582 e. The van der Waals surface area contributed by atoms with E-state index in [0.717, 1.165) is 6.54 Å². The first-order valence-corrected chi connectivity index (χ1v) is 6.78. The van der Waals surface area contributed by atoms with Gasteiger partial charge >= 0.3 is 0 Å². The molecule has 0 aromatic heterocycles. The lowest BCUT2D eigenvalue weighted by Crippen LogP contribution is -2.13. The molecule has 92 valence electrons. The Balaban J connectivity index is 1.88. The van der Waals surface area contributed by atoms with Crippen LogP contribution in [0, 0.1) is 0 Å². The van der Waals surface area contributed by atoms with Gasteiger partial charge in [0.15, 0.2) is 0 Å². The summed E-state index contributed by atoms with van der Waals surface area (Å²) in [6, 6.07) is 18.1. The van der Waals surface area contributed by atoms with E-state index < -0.39 is 0 Å². The fraction of sp³-hybridized carbons (Fsp3) is 0.294. The Kier molecular flexibility index (Phi) is 3.16. The molecule has 2 aromatic carbocycles. The predicted octanol–water partition coefficient (Wildman–Crippen LogP) is 3.83. The van der Waals surface area contributed by atoms with Crippen LogP contribution in [0.3, 0.4) is 0 Å². The molecule has 1 aliphatic heterocycles. The third-order valence-corrected chi connectivity index (χ3v) is 3.71. The van der Waals surface area contributed by atoms with Crippen molar-refractivity contribution in [3.05, 3.63) is 70.8 Å². The van der Waals surface area contributed by atoms with Crippen LogP contribution in [-0.4, -0.2) is 0 Å². The molecule has 0 fully saturated rings. The molecular weight excluding hydrogens is 218 g/mol. The molecule has 1 unspecified atom stereocenters. The summed E-state index contributed by atoms with van der Waals surface area (Å²) in [7, 11) is 0. The predicted molar refractivity (Wildman–Crippen MR) is 75.6 cm³/mol. The normalized spacial score (nSPS) is 17.7. The van der Waals surface area contributed by atoms with Crippen LogP contribution in [0.4, 0.5) is 0 Å². The van der Waals surface area contributed by atoms with Crippen LogP contribution in [0.1, 0.15) is 41.6 Å². The zero-order valence-corrected chi connectivity index (χ0v) is 10.8. The third-order valence-electron chi connectivity index (χ3n) is 3.71. The molecule has 0 spiro atoms. The summed E-state index contributed by atoms with van der Waals surface area (Å²) < 4.78 is 0. The quantitative estimate of drug-likeness (QED) is 0.855. The molecule has 0 aliphatic carbocycles. The highest BCUT2D eigenvalue weighted by Gasteiger charge is 2.22. The van der Waals surface area contributed by atoms with E-state index in [9.17, 15) is 0 Å². The molecular formula is C17H19N. The molecule has 0 radical (unpaired) electrons. The summed E-state index contributed by atoms with van der Waals surface area (Å²) in [5.74, 6) is 0. The van der Waals surface area contributed by atoms with Gasteiger partial charge in [-0.05, 0) is 28.7 Å². The largest absolute Gasteiger partial charge is 0.302 e. The van der Waals surface area contributed by atoms with Gasteiger partial charge in [0, 0.05) is 6.54 Å². The van der Waals surface area contributed by atoms with Gasteiger partial charge in [-0.2, -0.15) is 0 Å². The van der Waals surface area contributed by atoms with Crippen molar-refractivity contribution in [2.75, 3.05) is 0 Å². The van der Waals surface area contributed by atoms with Crippen LogP contribution in [0.15, 0.2) is 48.5 Å². The molecule has 0 saturated heterocycles. The lowest BCUT2D eigenvalue weighted by molar-refractivity contribution is 0.667. The maximum Gasteiger partial charge on any atom is 0.0582 e. The van der Waals surface area contributed by atoms with E-state index in [-0.39, 0.29) is 0 Å². The molecule has 0 amide bonds. The molecule has 1 atom stereocenters. The third kappa shape index (κ3) is 2.06. The second-order valence-corrected chi connectivity index (χ2v) is 5.00. The maximum atomic E-state index is 3.59. The van der Waals surface area contributed by atoms with Crippen LogP contribution in [-0.2, 0) is 13.0 Å². The molecule has 18 heavy (non-hydrogen) atoms. The second kappa shape index (κ2) is 4.95. The van der Waals surface area contributed by atoms with Gasteiger partial charge < -0.3 is 5.32 Å².